The number of benzene rings is 1. The largest absolute Gasteiger partial charge is 0.495 e. The molecule has 0 saturated carbocycles. The average Bonchev–Trinajstić information content (AvgIpc) is 2.22. The van der Waals surface area contributed by atoms with Crippen LogP contribution in [0.25, 0.3) is 0 Å². The second-order valence-corrected chi connectivity index (χ2v) is 3.40. The van der Waals surface area contributed by atoms with E-state index in [0.29, 0.717) is 11.4 Å². The first kappa shape index (κ1) is 12.0. The third-order valence-electron chi connectivity index (χ3n) is 2.26. The maximum Gasteiger partial charge on any atom is 0.394 e. The maximum atomic E-state index is 11.0. The van der Waals surface area contributed by atoms with E-state index in [0.717, 1.165) is 11.1 Å². The van der Waals surface area contributed by atoms with Gasteiger partial charge in [-0.25, -0.2) is 4.79 Å². The zero-order chi connectivity index (χ0) is 12.3. The van der Waals surface area contributed by atoms with Crippen molar-refractivity contribution >= 4 is 17.6 Å². The van der Waals surface area contributed by atoms with Crippen molar-refractivity contribution in [2.75, 3.05) is 12.4 Å². The molecule has 0 atom stereocenters. The molecule has 5 nitrogen and oxygen atoms in total. The number of rotatable bonds is 2. The number of aryl methyl sites for hydroxylation is 2. The van der Waals surface area contributed by atoms with Gasteiger partial charge in [-0.1, -0.05) is 0 Å². The monoisotopic (exact) mass is 223 g/mol. The zero-order valence-electron chi connectivity index (χ0n) is 9.33. The van der Waals surface area contributed by atoms with Crippen molar-refractivity contribution < 1.29 is 19.4 Å². The highest BCUT2D eigenvalue weighted by Crippen LogP contribution is 2.27. The van der Waals surface area contributed by atoms with Crippen molar-refractivity contribution in [1.82, 2.24) is 0 Å². The molecule has 1 aromatic rings. The Morgan fingerprint density at radius 1 is 1.25 bits per heavy atom. The van der Waals surface area contributed by atoms with Crippen molar-refractivity contribution in [1.29, 1.82) is 0 Å². The highest BCUT2D eigenvalue weighted by Gasteiger charge is 2.14. The quantitative estimate of drug-likeness (QED) is 0.742. The van der Waals surface area contributed by atoms with Crippen LogP contribution in [0.2, 0.25) is 0 Å². The van der Waals surface area contributed by atoms with Gasteiger partial charge in [0.2, 0.25) is 0 Å². The molecule has 0 bridgehead atoms. The molecule has 0 heterocycles. The average molecular weight is 223 g/mol. The van der Waals surface area contributed by atoms with E-state index in [9.17, 15) is 9.59 Å². The molecule has 0 aliphatic carbocycles. The van der Waals surface area contributed by atoms with Gasteiger partial charge >= 0.3 is 11.9 Å². The van der Waals surface area contributed by atoms with Crippen LogP contribution >= 0.6 is 0 Å². The van der Waals surface area contributed by atoms with Crippen molar-refractivity contribution in [2.24, 2.45) is 0 Å². The van der Waals surface area contributed by atoms with Crippen LogP contribution in [0.3, 0.4) is 0 Å². The molecule has 0 spiro atoms. The number of carbonyl (C=O) groups is 2. The van der Waals surface area contributed by atoms with E-state index in [4.69, 9.17) is 9.84 Å². The summed E-state index contributed by atoms with van der Waals surface area (Å²) in [5.74, 6) is -2.17. The summed E-state index contributed by atoms with van der Waals surface area (Å²) in [6.45, 7) is 3.77. The zero-order valence-corrected chi connectivity index (χ0v) is 9.33. The van der Waals surface area contributed by atoms with Gasteiger partial charge in [-0.05, 0) is 37.1 Å². The highest BCUT2D eigenvalue weighted by molar-refractivity contribution is 6.36. The van der Waals surface area contributed by atoms with E-state index in [1.807, 2.05) is 13.8 Å². The lowest BCUT2D eigenvalue weighted by Crippen LogP contribution is -2.22. The molecular weight excluding hydrogens is 210 g/mol. The summed E-state index contributed by atoms with van der Waals surface area (Å²) < 4.78 is 5.05. The predicted octanol–water partition coefficient (Wildman–Crippen LogP) is 1.34. The molecule has 0 aliphatic heterocycles. The molecule has 0 aliphatic rings. The fourth-order valence-corrected chi connectivity index (χ4v) is 1.23. The minimum absolute atomic E-state index is 0.359. The van der Waals surface area contributed by atoms with Crippen LogP contribution in [0.1, 0.15) is 11.1 Å². The van der Waals surface area contributed by atoms with Gasteiger partial charge in [0.1, 0.15) is 5.75 Å². The fraction of sp³-hybridized carbons (Fsp3) is 0.273. The number of carboxylic acids is 1. The van der Waals surface area contributed by atoms with Gasteiger partial charge in [-0.3, -0.25) is 4.79 Å². The minimum atomic E-state index is -1.53. The third kappa shape index (κ3) is 2.50. The molecule has 0 radical (unpaired) electrons. The van der Waals surface area contributed by atoms with E-state index in [1.165, 1.54) is 7.11 Å². The Kier molecular flexibility index (Phi) is 3.50. The molecule has 1 aromatic carbocycles. The van der Waals surface area contributed by atoms with Crippen molar-refractivity contribution in [3.63, 3.8) is 0 Å². The topological polar surface area (TPSA) is 75.6 Å². The Labute approximate surface area is 93.0 Å². The Balaban J connectivity index is 3.08. The van der Waals surface area contributed by atoms with Crippen molar-refractivity contribution in [2.45, 2.75) is 13.8 Å². The predicted molar refractivity (Wildman–Crippen MR) is 58.7 cm³/mol. The molecule has 0 saturated heterocycles. The lowest BCUT2D eigenvalue weighted by molar-refractivity contribution is -0.147. The number of hydrogen-bond donors (Lipinski definition) is 2. The molecule has 5 heteroatoms. The van der Waals surface area contributed by atoms with Crippen LogP contribution < -0.4 is 10.1 Å². The first-order valence-electron chi connectivity index (χ1n) is 4.65. The van der Waals surface area contributed by atoms with Gasteiger partial charge in [-0.15, -0.1) is 0 Å². The van der Waals surface area contributed by atoms with Crippen LogP contribution in [0.15, 0.2) is 12.1 Å². The van der Waals surface area contributed by atoms with Crippen LogP contribution in [0, 0.1) is 13.8 Å². The lowest BCUT2D eigenvalue weighted by atomic mass is 10.1. The first-order valence-corrected chi connectivity index (χ1v) is 4.65. The maximum absolute atomic E-state index is 11.0. The van der Waals surface area contributed by atoms with Gasteiger partial charge in [0.25, 0.3) is 0 Å². The third-order valence-corrected chi connectivity index (χ3v) is 2.26. The van der Waals surface area contributed by atoms with Gasteiger partial charge in [-0.2, -0.15) is 0 Å². The Hall–Kier alpha value is -2.04. The summed E-state index contributed by atoms with van der Waals surface area (Å²) in [6.07, 6.45) is 0. The summed E-state index contributed by atoms with van der Waals surface area (Å²) in [6, 6.07) is 3.42. The van der Waals surface area contributed by atoms with Gasteiger partial charge in [0, 0.05) is 0 Å². The number of carbonyl (C=O) groups excluding carboxylic acids is 1. The summed E-state index contributed by atoms with van der Waals surface area (Å²) in [4.78, 5) is 21.4. The smallest absolute Gasteiger partial charge is 0.394 e. The molecule has 1 amide bonds. The fourth-order valence-electron chi connectivity index (χ4n) is 1.23. The number of methoxy groups -OCH3 is 1. The highest BCUT2D eigenvalue weighted by atomic mass is 16.5. The van der Waals surface area contributed by atoms with E-state index < -0.39 is 11.9 Å². The second-order valence-electron chi connectivity index (χ2n) is 3.40. The number of anilines is 1. The van der Waals surface area contributed by atoms with E-state index in [1.54, 1.807) is 12.1 Å². The second kappa shape index (κ2) is 4.65. The van der Waals surface area contributed by atoms with E-state index in [-0.39, 0.29) is 0 Å². The molecule has 2 N–H and O–H groups in total. The number of carboxylic acid groups (broad SMARTS) is 1. The molecule has 0 unspecified atom stereocenters. The number of amides is 1. The van der Waals surface area contributed by atoms with E-state index in [2.05, 4.69) is 5.32 Å². The van der Waals surface area contributed by atoms with Gasteiger partial charge < -0.3 is 15.2 Å². The van der Waals surface area contributed by atoms with Crippen molar-refractivity contribution in [3.05, 3.63) is 23.3 Å². The minimum Gasteiger partial charge on any atom is -0.495 e. The summed E-state index contributed by atoms with van der Waals surface area (Å²) in [7, 11) is 1.46. The van der Waals surface area contributed by atoms with Crippen LogP contribution in [0.5, 0.6) is 5.75 Å². The normalized spacial score (nSPS) is 9.69. The van der Waals surface area contributed by atoms with Crippen LogP contribution in [0.4, 0.5) is 5.69 Å². The van der Waals surface area contributed by atoms with E-state index >= 15 is 0 Å². The molecular formula is C11H13NO4. The summed E-state index contributed by atoms with van der Waals surface area (Å²) >= 11 is 0. The molecule has 1 rings (SSSR count). The Morgan fingerprint density at radius 2 is 1.81 bits per heavy atom. The Bertz CT molecular complexity index is 440. The van der Waals surface area contributed by atoms with Gasteiger partial charge in [0.15, 0.2) is 0 Å². The first-order chi connectivity index (χ1) is 7.45. The summed E-state index contributed by atoms with van der Waals surface area (Å²) in [5.41, 5.74) is 2.31. The van der Waals surface area contributed by atoms with Crippen molar-refractivity contribution in [3.8, 4) is 5.75 Å². The van der Waals surface area contributed by atoms with Crippen LogP contribution in [-0.4, -0.2) is 24.1 Å². The molecule has 16 heavy (non-hydrogen) atoms. The number of ether oxygens (including phenoxy) is 1. The Morgan fingerprint density at radius 3 is 2.31 bits per heavy atom. The lowest BCUT2D eigenvalue weighted by Gasteiger charge is -2.11. The molecule has 0 fully saturated rings. The molecule has 0 aromatic heterocycles. The standard InChI is InChI=1S/C11H13NO4/c1-6-4-8(12-10(13)11(14)15)9(16-3)5-7(6)2/h4-5H,1-3H3,(H,12,13)(H,14,15). The molecule has 86 valence electrons. The number of nitrogens with one attached hydrogen (secondary N) is 1. The van der Waals surface area contributed by atoms with Crippen LogP contribution in [-0.2, 0) is 9.59 Å². The SMILES string of the molecule is COc1cc(C)c(C)cc1NC(=O)C(=O)O. The number of hydrogen-bond acceptors (Lipinski definition) is 3. The summed E-state index contributed by atoms with van der Waals surface area (Å²) in [5, 5.41) is 10.7. The van der Waals surface area contributed by atoms with Gasteiger partial charge in [0.05, 0.1) is 12.8 Å². The number of aliphatic carboxylic acids is 1.